The van der Waals surface area contributed by atoms with Crippen molar-refractivity contribution in [3.05, 3.63) is 12.2 Å². The summed E-state index contributed by atoms with van der Waals surface area (Å²) in [6.07, 6.45) is 0.662. The van der Waals surface area contributed by atoms with E-state index in [9.17, 15) is 8.42 Å². The molecule has 0 saturated heterocycles. The quantitative estimate of drug-likeness (QED) is 0.618. The van der Waals surface area contributed by atoms with Gasteiger partial charge in [0.25, 0.3) is 0 Å². The first kappa shape index (κ1) is 12.7. The highest BCUT2D eigenvalue weighted by atomic mass is 32.2. The average Bonchev–Trinajstić information content (AvgIpc) is 1.99. The Morgan fingerprint density at radius 3 is 2.23 bits per heavy atom. The van der Waals surface area contributed by atoms with E-state index in [0.29, 0.717) is 19.5 Å². The molecule has 78 valence electrons. The molecule has 0 spiro atoms. The van der Waals surface area contributed by atoms with Crippen molar-refractivity contribution in [2.24, 2.45) is 0 Å². The van der Waals surface area contributed by atoms with Gasteiger partial charge in [0.15, 0.2) is 0 Å². The molecule has 0 unspecified atom stereocenters. The minimum absolute atomic E-state index is 0.230. The van der Waals surface area contributed by atoms with Crippen LogP contribution in [0.3, 0.4) is 0 Å². The number of likely N-dealkylation sites (N-methyl/N-ethyl adjacent to an activating group) is 1. The fraction of sp³-hybridized carbons (Fsp3) is 0.778. The van der Waals surface area contributed by atoms with E-state index in [1.54, 1.807) is 0 Å². The van der Waals surface area contributed by atoms with E-state index in [-0.39, 0.29) is 5.75 Å². The summed E-state index contributed by atoms with van der Waals surface area (Å²) in [7, 11) is -3.05. The molecule has 0 bridgehead atoms. The van der Waals surface area contributed by atoms with Crippen LogP contribution in [-0.4, -0.2) is 31.6 Å². The molecule has 0 atom stereocenters. The van der Waals surface area contributed by atoms with E-state index in [1.165, 1.54) is 4.31 Å². The largest absolute Gasteiger partial charge is 0.214 e. The van der Waals surface area contributed by atoms with Crippen LogP contribution >= 0.6 is 0 Å². The summed E-state index contributed by atoms with van der Waals surface area (Å²) in [4.78, 5) is 0. The fourth-order valence-corrected chi connectivity index (χ4v) is 2.68. The van der Waals surface area contributed by atoms with Gasteiger partial charge in [-0.1, -0.05) is 26.0 Å². The molecule has 13 heavy (non-hydrogen) atoms. The van der Waals surface area contributed by atoms with E-state index in [4.69, 9.17) is 0 Å². The van der Waals surface area contributed by atoms with Gasteiger partial charge in [-0.05, 0) is 13.3 Å². The highest BCUT2D eigenvalue weighted by Gasteiger charge is 2.18. The Bertz CT molecular complexity index is 257. The minimum Gasteiger partial charge on any atom is -0.212 e. The predicted octanol–water partition coefficient (Wildman–Crippen LogP) is 1.62. The fourth-order valence-electron chi connectivity index (χ4n) is 1.09. The number of sulfonamides is 1. The molecule has 0 N–H and O–H groups in total. The van der Waals surface area contributed by atoms with Crippen molar-refractivity contribution >= 4 is 10.0 Å². The maximum Gasteiger partial charge on any atom is 0.214 e. The van der Waals surface area contributed by atoms with Gasteiger partial charge in [-0.15, -0.1) is 0 Å². The van der Waals surface area contributed by atoms with Gasteiger partial charge < -0.3 is 0 Å². The number of hydrogen-bond acceptors (Lipinski definition) is 2. The van der Waals surface area contributed by atoms with Crippen LogP contribution in [0, 0.1) is 0 Å². The molecule has 0 aliphatic heterocycles. The Hall–Kier alpha value is -0.350. The van der Waals surface area contributed by atoms with E-state index < -0.39 is 10.0 Å². The second kappa shape index (κ2) is 5.40. The van der Waals surface area contributed by atoms with Gasteiger partial charge in [0.05, 0.1) is 5.75 Å². The zero-order valence-electron chi connectivity index (χ0n) is 8.71. The third-order valence-electron chi connectivity index (χ3n) is 1.65. The molecule has 0 fully saturated rings. The van der Waals surface area contributed by atoms with Crippen LogP contribution in [0.1, 0.15) is 27.2 Å². The van der Waals surface area contributed by atoms with Gasteiger partial charge in [-0.2, -0.15) is 4.31 Å². The van der Waals surface area contributed by atoms with Gasteiger partial charge in [0.2, 0.25) is 10.0 Å². The molecule has 4 heteroatoms. The molecule has 0 aliphatic rings. The third kappa shape index (κ3) is 4.43. The lowest BCUT2D eigenvalue weighted by Gasteiger charge is -2.19. The van der Waals surface area contributed by atoms with E-state index in [1.807, 2.05) is 20.8 Å². The lowest BCUT2D eigenvalue weighted by molar-refractivity contribution is 0.452. The molecular formula is C9H19NO2S. The van der Waals surface area contributed by atoms with Gasteiger partial charge >= 0.3 is 0 Å². The molecule has 0 heterocycles. The predicted molar refractivity (Wildman–Crippen MR) is 56.1 cm³/mol. The van der Waals surface area contributed by atoms with Gasteiger partial charge in [-0.3, -0.25) is 0 Å². The van der Waals surface area contributed by atoms with E-state index in [2.05, 4.69) is 6.58 Å². The molecule has 0 saturated carbocycles. The topological polar surface area (TPSA) is 37.4 Å². The Morgan fingerprint density at radius 1 is 1.38 bits per heavy atom. The standard InChI is InChI=1S/C9H19NO2S/c1-5-7-13(11,12)10(6-2)8-9(3)4/h3,5-8H2,1-2,4H3. The summed E-state index contributed by atoms with van der Waals surface area (Å²) < 4.78 is 24.6. The van der Waals surface area contributed by atoms with Gasteiger partial charge in [0.1, 0.15) is 0 Å². The summed E-state index contributed by atoms with van der Waals surface area (Å²) in [6, 6.07) is 0. The third-order valence-corrected chi connectivity index (χ3v) is 3.75. The maximum atomic E-state index is 11.6. The molecule has 0 rings (SSSR count). The molecule has 3 nitrogen and oxygen atoms in total. The Morgan fingerprint density at radius 2 is 1.92 bits per heavy atom. The first-order chi connectivity index (χ1) is 5.94. The van der Waals surface area contributed by atoms with E-state index in [0.717, 1.165) is 5.57 Å². The monoisotopic (exact) mass is 205 g/mol. The smallest absolute Gasteiger partial charge is 0.212 e. The van der Waals surface area contributed by atoms with Crippen LogP contribution in [-0.2, 0) is 10.0 Å². The lowest BCUT2D eigenvalue weighted by Crippen LogP contribution is -2.33. The highest BCUT2D eigenvalue weighted by Crippen LogP contribution is 2.05. The van der Waals surface area contributed by atoms with Gasteiger partial charge in [-0.25, -0.2) is 8.42 Å². The number of hydrogen-bond donors (Lipinski definition) is 0. The van der Waals surface area contributed by atoms with E-state index >= 15 is 0 Å². The lowest BCUT2D eigenvalue weighted by atomic mass is 10.3. The number of rotatable bonds is 6. The SMILES string of the molecule is C=C(C)CN(CC)S(=O)(=O)CCC. The summed E-state index contributed by atoms with van der Waals surface area (Å²) in [5.74, 6) is 0.230. The zero-order valence-corrected chi connectivity index (χ0v) is 9.52. The highest BCUT2D eigenvalue weighted by molar-refractivity contribution is 7.89. The molecule has 0 aliphatic carbocycles. The first-order valence-corrected chi connectivity index (χ1v) is 6.17. The van der Waals surface area contributed by atoms with Crippen LogP contribution < -0.4 is 0 Å². The first-order valence-electron chi connectivity index (χ1n) is 4.56. The molecule has 0 aromatic heterocycles. The summed E-state index contributed by atoms with van der Waals surface area (Å²) in [6.45, 7) is 10.2. The van der Waals surface area contributed by atoms with Crippen LogP contribution in [0.25, 0.3) is 0 Å². The van der Waals surface area contributed by atoms with Crippen molar-refractivity contribution in [3.8, 4) is 0 Å². The Balaban J connectivity index is 4.47. The van der Waals surface area contributed by atoms with Crippen molar-refractivity contribution < 1.29 is 8.42 Å². The molecule has 0 aromatic rings. The zero-order chi connectivity index (χ0) is 10.5. The van der Waals surface area contributed by atoms with Crippen LogP contribution in [0.15, 0.2) is 12.2 Å². The van der Waals surface area contributed by atoms with Crippen molar-refractivity contribution in [2.75, 3.05) is 18.8 Å². The van der Waals surface area contributed by atoms with Crippen molar-refractivity contribution in [1.82, 2.24) is 4.31 Å². The van der Waals surface area contributed by atoms with Crippen molar-refractivity contribution in [2.45, 2.75) is 27.2 Å². The summed E-state index contributed by atoms with van der Waals surface area (Å²) in [5, 5.41) is 0. The Kier molecular flexibility index (Phi) is 5.25. The van der Waals surface area contributed by atoms with Crippen LogP contribution in [0.4, 0.5) is 0 Å². The van der Waals surface area contributed by atoms with Crippen LogP contribution in [0.5, 0.6) is 0 Å². The maximum absolute atomic E-state index is 11.6. The molecule has 0 aromatic carbocycles. The van der Waals surface area contributed by atoms with Crippen molar-refractivity contribution in [3.63, 3.8) is 0 Å². The van der Waals surface area contributed by atoms with Crippen LogP contribution in [0.2, 0.25) is 0 Å². The molecule has 0 radical (unpaired) electrons. The summed E-state index contributed by atoms with van der Waals surface area (Å²) in [5.41, 5.74) is 0.876. The molecule has 0 amide bonds. The Labute approximate surface area is 81.5 Å². The summed E-state index contributed by atoms with van der Waals surface area (Å²) >= 11 is 0. The second-order valence-corrected chi connectivity index (χ2v) is 5.29. The second-order valence-electron chi connectivity index (χ2n) is 3.20. The average molecular weight is 205 g/mol. The minimum atomic E-state index is -3.05. The molecular weight excluding hydrogens is 186 g/mol. The van der Waals surface area contributed by atoms with Crippen molar-refractivity contribution in [1.29, 1.82) is 0 Å². The van der Waals surface area contributed by atoms with Gasteiger partial charge in [0, 0.05) is 13.1 Å². The number of nitrogens with zero attached hydrogens (tertiary/aromatic N) is 1. The normalized spacial score (nSPS) is 12.0.